The highest BCUT2D eigenvalue weighted by Crippen LogP contribution is 2.10. The van der Waals surface area contributed by atoms with E-state index in [-0.39, 0.29) is 11.9 Å². The van der Waals surface area contributed by atoms with E-state index in [0.717, 1.165) is 5.56 Å². The summed E-state index contributed by atoms with van der Waals surface area (Å²) in [6.45, 7) is 9.64. The van der Waals surface area contributed by atoms with Crippen LogP contribution in [0, 0.1) is 5.82 Å². The first kappa shape index (κ1) is 17.1. The number of rotatable bonds is 8. The summed E-state index contributed by atoms with van der Waals surface area (Å²) in [5.41, 5.74) is 1.04. The van der Waals surface area contributed by atoms with Gasteiger partial charge in [0.1, 0.15) is 5.82 Å². The highest BCUT2D eigenvalue weighted by molar-refractivity contribution is 5.16. The summed E-state index contributed by atoms with van der Waals surface area (Å²) in [7, 11) is 0. The first-order valence-electron chi connectivity index (χ1n) is 7.16. The maximum Gasteiger partial charge on any atom is 0.123 e. The van der Waals surface area contributed by atoms with Crippen molar-refractivity contribution in [2.45, 2.75) is 52.5 Å². The molecule has 0 saturated carbocycles. The molecule has 0 aliphatic rings. The smallest absolute Gasteiger partial charge is 0.123 e. The van der Waals surface area contributed by atoms with Crippen LogP contribution in [0.3, 0.4) is 0 Å². The Hall–Kier alpha value is -0.970. The van der Waals surface area contributed by atoms with Crippen molar-refractivity contribution >= 4 is 0 Å². The Morgan fingerprint density at radius 2 is 1.75 bits per heavy atom. The van der Waals surface area contributed by atoms with Gasteiger partial charge in [-0.05, 0) is 45.4 Å². The molecular weight excluding hydrogens is 257 g/mol. The monoisotopic (exact) mass is 283 g/mol. The Bertz CT molecular complexity index is 379. The second-order valence-electron chi connectivity index (χ2n) is 5.69. The third-order valence-corrected chi connectivity index (χ3v) is 3.10. The normalized spacial score (nSPS) is 13.4. The summed E-state index contributed by atoms with van der Waals surface area (Å²) in [5.74, 6) is -0.227. The number of hydrogen-bond donors (Lipinski definition) is 1. The van der Waals surface area contributed by atoms with Gasteiger partial charge in [0.25, 0.3) is 0 Å². The summed E-state index contributed by atoms with van der Waals surface area (Å²) >= 11 is 0. The third-order valence-electron chi connectivity index (χ3n) is 3.10. The van der Waals surface area contributed by atoms with E-state index in [9.17, 15) is 9.50 Å². The van der Waals surface area contributed by atoms with Gasteiger partial charge in [-0.3, -0.25) is 4.90 Å². The highest BCUT2D eigenvalue weighted by Gasteiger charge is 2.16. The molecule has 0 amide bonds. The van der Waals surface area contributed by atoms with E-state index in [0.29, 0.717) is 25.7 Å². The first-order chi connectivity index (χ1) is 9.38. The van der Waals surface area contributed by atoms with Crippen LogP contribution in [-0.4, -0.2) is 41.4 Å². The van der Waals surface area contributed by atoms with Crippen LogP contribution in [0.15, 0.2) is 24.3 Å². The number of benzene rings is 1. The summed E-state index contributed by atoms with van der Waals surface area (Å²) < 4.78 is 18.3. The molecule has 0 radical (unpaired) electrons. The van der Waals surface area contributed by atoms with Crippen molar-refractivity contribution in [3.05, 3.63) is 35.6 Å². The molecule has 0 saturated heterocycles. The van der Waals surface area contributed by atoms with Crippen LogP contribution in [0.5, 0.6) is 0 Å². The molecule has 1 atom stereocenters. The van der Waals surface area contributed by atoms with Crippen LogP contribution in [0.2, 0.25) is 0 Å². The van der Waals surface area contributed by atoms with Crippen molar-refractivity contribution in [1.29, 1.82) is 0 Å². The SMILES string of the molecule is CC(C)OCC(O)CN(Cc1ccc(F)cc1)C(C)C. The molecular formula is C16H26FNO2. The highest BCUT2D eigenvalue weighted by atomic mass is 19.1. The van der Waals surface area contributed by atoms with Gasteiger partial charge in [0.05, 0.1) is 18.8 Å². The van der Waals surface area contributed by atoms with E-state index >= 15 is 0 Å². The summed E-state index contributed by atoms with van der Waals surface area (Å²) in [4.78, 5) is 2.15. The quantitative estimate of drug-likeness (QED) is 0.796. The minimum absolute atomic E-state index is 0.120. The van der Waals surface area contributed by atoms with Crippen molar-refractivity contribution in [1.82, 2.24) is 4.90 Å². The van der Waals surface area contributed by atoms with Gasteiger partial charge in [-0.1, -0.05) is 12.1 Å². The molecule has 1 rings (SSSR count). The Morgan fingerprint density at radius 1 is 1.15 bits per heavy atom. The molecule has 0 aliphatic carbocycles. The summed E-state index contributed by atoms with van der Waals surface area (Å²) in [6, 6.07) is 6.79. The van der Waals surface area contributed by atoms with Crippen LogP contribution in [0.1, 0.15) is 33.3 Å². The molecule has 0 fully saturated rings. The Morgan fingerprint density at radius 3 is 2.25 bits per heavy atom. The lowest BCUT2D eigenvalue weighted by atomic mass is 10.1. The Labute approximate surface area is 121 Å². The molecule has 3 nitrogen and oxygen atoms in total. The van der Waals surface area contributed by atoms with Crippen molar-refractivity contribution in [2.24, 2.45) is 0 Å². The third kappa shape index (κ3) is 6.46. The van der Waals surface area contributed by atoms with E-state index in [1.54, 1.807) is 12.1 Å². The molecule has 114 valence electrons. The Kier molecular flexibility index (Phi) is 7.13. The minimum Gasteiger partial charge on any atom is -0.389 e. The molecule has 0 aromatic heterocycles. The zero-order chi connectivity index (χ0) is 15.1. The standard InChI is InChI=1S/C16H26FNO2/c1-12(2)18(10-16(19)11-20-13(3)4)9-14-5-7-15(17)8-6-14/h5-8,12-13,16,19H,9-11H2,1-4H3. The predicted octanol–water partition coefficient (Wildman–Crippen LogP) is 2.82. The molecule has 0 bridgehead atoms. The summed E-state index contributed by atoms with van der Waals surface area (Å²) in [5, 5.41) is 10.0. The molecule has 1 aromatic rings. The van der Waals surface area contributed by atoms with E-state index in [1.165, 1.54) is 12.1 Å². The van der Waals surface area contributed by atoms with E-state index in [2.05, 4.69) is 18.7 Å². The van der Waals surface area contributed by atoms with Crippen molar-refractivity contribution in [3.63, 3.8) is 0 Å². The molecule has 1 aromatic carbocycles. The van der Waals surface area contributed by atoms with Gasteiger partial charge in [-0.2, -0.15) is 0 Å². The van der Waals surface area contributed by atoms with Crippen LogP contribution in [0.4, 0.5) is 4.39 Å². The van der Waals surface area contributed by atoms with E-state index in [4.69, 9.17) is 4.74 Å². The average molecular weight is 283 g/mol. The number of nitrogens with zero attached hydrogens (tertiary/aromatic N) is 1. The predicted molar refractivity (Wildman–Crippen MR) is 79.0 cm³/mol. The van der Waals surface area contributed by atoms with Gasteiger partial charge in [0.2, 0.25) is 0 Å². The first-order valence-corrected chi connectivity index (χ1v) is 7.16. The van der Waals surface area contributed by atoms with Crippen molar-refractivity contribution < 1.29 is 14.2 Å². The van der Waals surface area contributed by atoms with Crippen molar-refractivity contribution in [2.75, 3.05) is 13.2 Å². The zero-order valence-electron chi connectivity index (χ0n) is 12.8. The zero-order valence-corrected chi connectivity index (χ0v) is 12.8. The molecule has 4 heteroatoms. The number of hydrogen-bond acceptors (Lipinski definition) is 3. The molecule has 0 aliphatic heterocycles. The van der Waals surface area contributed by atoms with E-state index in [1.807, 2.05) is 13.8 Å². The maximum atomic E-state index is 12.9. The lowest BCUT2D eigenvalue weighted by molar-refractivity contribution is -0.0136. The van der Waals surface area contributed by atoms with Gasteiger partial charge in [0.15, 0.2) is 0 Å². The van der Waals surface area contributed by atoms with Crippen LogP contribution in [-0.2, 0) is 11.3 Å². The summed E-state index contributed by atoms with van der Waals surface area (Å²) in [6.07, 6.45) is -0.394. The largest absolute Gasteiger partial charge is 0.389 e. The van der Waals surface area contributed by atoms with Crippen molar-refractivity contribution in [3.8, 4) is 0 Å². The van der Waals surface area contributed by atoms with E-state index < -0.39 is 6.10 Å². The molecule has 1 unspecified atom stereocenters. The van der Waals surface area contributed by atoms with Crippen LogP contribution < -0.4 is 0 Å². The molecule has 0 heterocycles. The second kappa shape index (κ2) is 8.35. The van der Waals surface area contributed by atoms with Gasteiger partial charge in [-0.15, -0.1) is 0 Å². The molecule has 0 spiro atoms. The number of aliphatic hydroxyl groups is 1. The number of halogens is 1. The van der Waals surface area contributed by atoms with Gasteiger partial charge >= 0.3 is 0 Å². The molecule has 1 N–H and O–H groups in total. The fraction of sp³-hybridized carbons (Fsp3) is 0.625. The van der Waals surface area contributed by atoms with Crippen LogP contribution in [0.25, 0.3) is 0 Å². The second-order valence-corrected chi connectivity index (χ2v) is 5.69. The van der Waals surface area contributed by atoms with Gasteiger partial charge < -0.3 is 9.84 Å². The van der Waals surface area contributed by atoms with Gasteiger partial charge in [0, 0.05) is 19.1 Å². The number of aliphatic hydroxyl groups excluding tert-OH is 1. The lowest BCUT2D eigenvalue weighted by Crippen LogP contribution is -2.39. The van der Waals surface area contributed by atoms with Gasteiger partial charge in [-0.25, -0.2) is 4.39 Å². The Balaban J connectivity index is 2.53. The van der Waals surface area contributed by atoms with Crippen LogP contribution >= 0.6 is 0 Å². The molecule has 20 heavy (non-hydrogen) atoms. The minimum atomic E-state index is -0.514. The topological polar surface area (TPSA) is 32.7 Å². The lowest BCUT2D eigenvalue weighted by Gasteiger charge is -2.29. The average Bonchev–Trinajstić information content (AvgIpc) is 2.38. The fourth-order valence-electron chi connectivity index (χ4n) is 1.91. The fourth-order valence-corrected chi connectivity index (χ4v) is 1.91. The maximum absolute atomic E-state index is 12.9. The number of ether oxygens (including phenoxy) is 1.